The van der Waals surface area contributed by atoms with Crippen LogP contribution < -0.4 is 0 Å². The van der Waals surface area contributed by atoms with Crippen LogP contribution in [0.1, 0.15) is 36.5 Å². The number of carbonyl (C=O) groups is 1. The number of esters is 1. The Kier molecular flexibility index (Phi) is 5.03. The average Bonchev–Trinajstić information content (AvgIpc) is 3.12. The summed E-state index contributed by atoms with van der Waals surface area (Å²) in [6, 6.07) is 13.5. The molecule has 0 aliphatic rings. The van der Waals surface area contributed by atoms with Crippen LogP contribution in [0.5, 0.6) is 0 Å². The Bertz CT molecular complexity index is 796. The van der Waals surface area contributed by atoms with Crippen molar-refractivity contribution in [1.82, 2.24) is 4.98 Å². The van der Waals surface area contributed by atoms with E-state index in [1.54, 1.807) is 11.3 Å². The summed E-state index contributed by atoms with van der Waals surface area (Å²) < 4.78 is 5.45. The number of hydrogen-bond donors (Lipinski definition) is 0. The van der Waals surface area contributed by atoms with Crippen molar-refractivity contribution in [3.05, 3.63) is 53.4 Å². The van der Waals surface area contributed by atoms with Crippen molar-refractivity contribution in [2.45, 2.75) is 26.2 Å². The fourth-order valence-electron chi connectivity index (χ4n) is 2.49. The molecule has 0 aliphatic carbocycles. The molecule has 4 heteroatoms. The highest BCUT2D eigenvalue weighted by Gasteiger charge is 2.15. The lowest BCUT2D eigenvalue weighted by Crippen LogP contribution is -2.08. The van der Waals surface area contributed by atoms with E-state index in [1.165, 1.54) is 0 Å². The number of unbranched alkanes of at least 4 members (excludes halogenated alkanes) is 2. The van der Waals surface area contributed by atoms with Crippen LogP contribution >= 0.6 is 11.3 Å². The number of para-hydroxylation sites is 1. The van der Waals surface area contributed by atoms with Gasteiger partial charge in [0.1, 0.15) is 0 Å². The summed E-state index contributed by atoms with van der Waals surface area (Å²) in [7, 11) is 0. The first-order valence-corrected chi connectivity index (χ1v) is 8.78. The number of benzene rings is 1. The van der Waals surface area contributed by atoms with Gasteiger partial charge in [-0.15, -0.1) is 11.3 Å². The van der Waals surface area contributed by atoms with Gasteiger partial charge in [-0.2, -0.15) is 0 Å². The van der Waals surface area contributed by atoms with Crippen molar-refractivity contribution >= 4 is 28.2 Å². The molecule has 0 bridgehead atoms. The molecule has 2 aromatic heterocycles. The summed E-state index contributed by atoms with van der Waals surface area (Å²) >= 11 is 1.61. The fourth-order valence-corrected chi connectivity index (χ4v) is 3.18. The van der Waals surface area contributed by atoms with E-state index >= 15 is 0 Å². The van der Waals surface area contributed by atoms with Gasteiger partial charge in [-0.1, -0.05) is 44.0 Å². The Hall–Kier alpha value is -2.20. The molecule has 0 aliphatic heterocycles. The first-order valence-electron chi connectivity index (χ1n) is 7.90. The van der Waals surface area contributed by atoms with Gasteiger partial charge in [0.05, 0.1) is 28.3 Å². The van der Waals surface area contributed by atoms with Crippen LogP contribution in [-0.2, 0) is 4.74 Å². The molecule has 0 saturated heterocycles. The lowest BCUT2D eigenvalue weighted by atomic mass is 10.1. The Morgan fingerprint density at radius 1 is 1.17 bits per heavy atom. The minimum Gasteiger partial charge on any atom is -0.462 e. The highest BCUT2D eigenvalue weighted by atomic mass is 32.1. The summed E-state index contributed by atoms with van der Waals surface area (Å²) in [6.07, 6.45) is 3.09. The standard InChI is InChI=1S/C19H19NO2S/c1-2-3-6-11-22-19(21)15-13-17(18-10-7-12-23-18)20-16-9-5-4-8-14(15)16/h4-5,7-10,12-13H,2-3,6,11H2,1H3. The van der Waals surface area contributed by atoms with Crippen LogP contribution in [-0.4, -0.2) is 17.6 Å². The number of ether oxygens (including phenoxy) is 1. The van der Waals surface area contributed by atoms with Crippen LogP contribution in [0.3, 0.4) is 0 Å². The number of rotatable bonds is 6. The molecule has 0 spiro atoms. The average molecular weight is 325 g/mol. The van der Waals surface area contributed by atoms with Crippen LogP contribution in [0.4, 0.5) is 0 Å². The topological polar surface area (TPSA) is 39.2 Å². The summed E-state index contributed by atoms with van der Waals surface area (Å²) in [6.45, 7) is 2.60. The molecule has 0 radical (unpaired) electrons. The van der Waals surface area contributed by atoms with Gasteiger partial charge in [-0.3, -0.25) is 0 Å². The SMILES string of the molecule is CCCCCOC(=O)c1cc(-c2cccs2)nc2ccccc12. The van der Waals surface area contributed by atoms with Gasteiger partial charge in [0, 0.05) is 5.39 Å². The molecule has 3 aromatic rings. The summed E-state index contributed by atoms with van der Waals surface area (Å²) in [5.41, 5.74) is 2.23. The summed E-state index contributed by atoms with van der Waals surface area (Å²) in [4.78, 5) is 18.2. The number of fused-ring (bicyclic) bond motifs is 1. The quantitative estimate of drug-likeness (QED) is 0.455. The molecule has 2 heterocycles. The first-order chi connectivity index (χ1) is 11.3. The van der Waals surface area contributed by atoms with Crippen LogP contribution in [0.15, 0.2) is 47.8 Å². The van der Waals surface area contributed by atoms with E-state index in [4.69, 9.17) is 4.74 Å². The van der Waals surface area contributed by atoms with E-state index in [0.717, 1.165) is 40.7 Å². The molecule has 0 N–H and O–H groups in total. The predicted octanol–water partition coefficient (Wildman–Crippen LogP) is 5.31. The van der Waals surface area contributed by atoms with Crippen molar-refractivity contribution in [3.8, 4) is 10.6 Å². The van der Waals surface area contributed by atoms with E-state index in [9.17, 15) is 4.79 Å². The van der Waals surface area contributed by atoms with Crippen molar-refractivity contribution < 1.29 is 9.53 Å². The van der Waals surface area contributed by atoms with Gasteiger partial charge in [0.2, 0.25) is 0 Å². The van der Waals surface area contributed by atoms with E-state index < -0.39 is 0 Å². The number of pyridine rings is 1. The molecule has 118 valence electrons. The van der Waals surface area contributed by atoms with E-state index in [2.05, 4.69) is 11.9 Å². The second-order valence-corrected chi connectivity index (χ2v) is 6.34. The molecule has 0 unspecified atom stereocenters. The number of thiophene rings is 1. The Morgan fingerprint density at radius 3 is 2.83 bits per heavy atom. The Labute approximate surface area is 139 Å². The van der Waals surface area contributed by atoms with E-state index in [-0.39, 0.29) is 5.97 Å². The minimum absolute atomic E-state index is 0.266. The second kappa shape index (κ2) is 7.38. The number of carbonyl (C=O) groups excluding carboxylic acids is 1. The monoisotopic (exact) mass is 325 g/mol. The lowest BCUT2D eigenvalue weighted by molar-refractivity contribution is 0.0500. The van der Waals surface area contributed by atoms with Gasteiger partial charge >= 0.3 is 5.97 Å². The summed E-state index contributed by atoms with van der Waals surface area (Å²) in [5.74, 6) is -0.266. The third-order valence-corrected chi connectivity index (χ3v) is 4.58. The van der Waals surface area contributed by atoms with Crippen LogP contribution in [0.2, 0.25) is 0 Å². The third kappa shape index (κ3) is 3.59. The lowest BCUT2D eigenvalue weighted by Gasteiger charge is -2.09. The van der Waals surface area contributed by atoms with Gasteiger partial charge in [-0.25, -0.2) is 9.78 Å². The zero-order chi connectivity index (χ0) is 16.1. The zero-order valence-electron chi connectivity index (χ0n) is 13.1. The van der Waals surface area contributed by atoms with Crippen LogP contribution in [0, 0.1) is 0 Å². The van der Waals surface area contributed by atoms with Crippen molar-refractivity contribution in [2.75, 3.05) is 6.61 Å². The second-order valence-electron chi connectivity index (χ2n) is 5.39. The fraction of sp³-hybridized carbons (Fsp3) is 0.263. The molecule has 3 rings (SSSR count). The Balaban J connectivity index is 1.95. The van der Waals surface area contributed by atoms with E-state index in [1.807, 2.05) is 47.8 Å². The molecular formula is C19H19NO2S. The highest BCUT2D eigenvalue weighted by Crippen LogP contribution is 2.28. The molecule has 1 aromatic carbocycles. The molecule has 23 heavy (non-hydrogen) atoms. The van der Waals surface area contributed by atoms with Crippen molar-refractivity contribution in [2.24, 2.45) is 0 Å². The largest absolute Gasteiger partial charge is 0.462 e. The van der Waals surface area contributed by atoms with Crippen molar-refractivity contribution in [1.29, 1.82) is 0 Å². The van der Waals surface area contributed by atoms with Crippen molar-refractivity contribution in [3.63, 3.8) is 0 Å². The maximum atomic E-state index is 12.5. The maximum Gasteiger partial charge on any atom is 0.338 e. The predicted molar refractivity (Wildman–Crippen MR) is 94.9 cm³/mol. The molecule has 0 amide bonds. The number of nitrogens with zero attached hydrogens (tertiary/aromatic N) is 1. The van der Waals surface area contributed by atoms with Gasteiger partial charge in [0.25, 0.3) is 0 Å². The minimum atomic E-state index is -0.266. The molecule has 3 nitrogen and oxygen atoms in total. The maximum absolute atomic E-state index is 12.5. The molecular weight excluding hydrogens is 306 g/mol. The smallest absolute Gasteiger partial charge is 0.338 e. The molecule has 0 atom stereocenters. The zero-order valence-corrected chi connectivity index (χ0v) is 13.9. The molecule has 0 saturated carbocycles. The summed E-state index contributed by atoms with van der Waals surface area (Å²) in [5, 5.41) is 2.85. The number of hydrogen-bond acceptors (Lipinski definition) is 4. The van der Waals surface area contributed by atoms with E-state index in [0.29, 0.717) is 12.2 Å². The third-order valence-electron chi connectivity index (χ3n) is 3.69. The molecule has 0 fully saturated rings. The highest BCUT2D eigenvalue weighted by molar-refractivity contribution is 7.13. The normalized spacial score (nSPS) is 10.8. The first kappa shape index (κ1) is 15.7. The number of aromatic nitrogens is 1. The van der Waals surface area contributed by atoms with Gasteiger partial charge < -0.3 is 4.74 Å². The van der Waals surface area contributed by atoms with Gasteiger partial charge in [0.15, 0.2) is 0 Å². The van der Waals surface area contributed by atoms with Gasteiger partial charge in [-0.05, 0) is 30.0 Å². The Morgan fingerprint density at radius 2 is 2.04 bits per heavy atom. The van der Waals surface area contributed by atoms with Crippen LogP contribution in [0.25, 0.3) is 21.5 Å².